The van der Waals surface area contributed by atoms with Crippen LogP contribution in [0.4, 0.5) is 0 Å². The number of hydrogen-bond acceptors (Lipinski definition) is 7. The van der Waals surface area contributed by atoms with Crippen LogP contribution in [-0.4, -0.2) is 72.2 Å². The summed E-state index contributed by atoms with van der Waals surface area (Å²) in [4.78, 5) is 43.8. The van der Waals surface area contributed by atoms with Gasteiger partial charge in [0.2, 0.25) is 5.91 Å². The number of piperidine rings is 1. The molecule has 1 aromatic carbocycles. The van der Waals surface area contributed by atoms with Gasteiger partial charge in [0, 0.05) is 26.7 Å². The molecule has 0 N–H and O–H groups in total. The number of esters is 1. The van der Waals surface area contributed by atoms with E-state index >= 15 is 0 Å². The number of fused-ring (bicyclic) bond motifs is 1. The van der Waals surface area contributed by atoms with E-state index in [4.69, 9.17) is 9.47 Å². The highest BCUT2D eigenvalue weighted by molar-refractivity contribution is 8.00. The number of carbonyl (C=O) groups excluding carboxylic acids is 3. The van der Waals surface area contributed by atoms with Crippen LogP contribution in [0.15, 0.2) is 23.2 Å². The average molecular weight is 494 g/mol. The van der Waals surface area contributed by atoms with Crippen LogP contribution in [-0.2, 0) is 25.6 Å². The molecule has 0 aliphatic carbocycles. The van der Waals surface area contributed by atoms with Crippen molar-refractivity contribution in [2.75, 3.05) is 44.9 Å². The molecule has 2 aromatic rings. The Morgan fingerprint density at radius 3 is 2.82 bits per heavy atom. The first-order chi connectivity index (χ1) is 15.9. The van der Waals surface area contributed by atoms with E-state index in [9.17, 15) is 14.4 Å². The maximum absolute atomic E-state index is 12.6. The Bertz CT molecular complexity index is 1060. The Labute approximate surface area is 202 Å². The lowest BCUT2D eigenvalue weighted by atomic mass is 10.0. The summed E-state index contributed by atoms with van der Waals surface area (Å²) in [6.45, 7) is 6.83. The zero-order valence-corrected chi connectivity index (χ0v) is 21.0. The van der Waals surface area contributed by atoms with Crippen molar-refractivity contribution in [2.24, 2.45) is 10.9 Å². The van der Waals surface area contributed by atoms with Gasteiger partial charge in [-0.15, -0.1) is 11.8 Å². The van der Waals surface area contributed by atoms with Crippen LogP contribution in [0.1, 0.15) is 37.0 Å². The molecule has 1 atom stereocenters. The molecule has 0 saturated carbocycles. The van der Waals surface area contributed by atoms with E-state index in [2.05, 4.69) is 11.9 Å². The van der Waals surface area contributed by atoms with Crippen LogP contribution >= 0.6 is 23.1 Å². The van der Waals surface area contributed by atoms with Gasteiger partial charge >= 0.3 is 5.97 Å². The zero-order valence-electron chi connectivity index (χ0n) is 19.4. The van der Waals surface area contributed by atoms with E-state index in [1.807, 2.05) is 15.5 Å². The highest BCUT2D eigenvalue weighted by Gasteiger charge is 2.21. The summed E-state index contributed by atoms with van der Waals surface area (Å²) in [6, 6.07) is 5.31. The molecular formula is C23H31N3O5S2. The maximum Gasteiger partial charge on any atom is 0.338 e. The molecule has 1 aliphatic heterocycles. The normalized spacial score (nSPS) is 16.9. The third-order valence-corrected chi connectivity index (χ3v) is 7.34. The smallest absolute Gasteiger partial charge is 0.338 e. The number of rotatable bonds is 9. The van der Waals surface area contributed by atoms with Gasteiger partial charge in [-0.25, -0.2) is 4.79 Å². The number of nitrogens with zero attached hydrogens (tertiary/aromatic N) is 3. The number of aromatic nitrogens is 1. The lowest BCUT2D eigenvalue weighted by Crippen LogP contribution is -2.40. The number of hydrogen-bond donors (Lipinski definition) is 0. The molecule has 0 spiro atoms. The predicted molar refractivity (Wildman–Crippen MR) is 131 cm³/mol. The summed E-state index contributed by atoms with van der Waals surface area (Å²) in [7, 11) is 1.62. The zero-order chi connectivity index (χ0) is 23.8. The number of methoxy groups -OCH3 is 1. The van der Waals surface area contributed by atoms with Gasteiger partial charge in [0.1, 0.15) is 0 Å². The van der Waals surface area contributed by atoms with Crippen molar-refractivity contribution < 1.29 is 23.9 Å². The van der Waals surface area contributed by atoms with Gasteiger partial charge in [-0.05, 0) is 43.9 Å². The van der Waals surface area contributed by atoms with E-state index in [1.54, 1.807) is 26.2 Å². The number of carbonyl (C=O) groups is 3. The van der Waals surface area contributed by atoms with Gasteiger partial charge in [-0.3, -0.25) is 9.59 Å². The summed E-state index contributed by atoms with van der Waals surface area (Å²) in [6.07, 6.45) is 2.20. The molecule has 2 amide bonds. The van der Waals surface area contributed by atoms with Crippen molar-refractivity contribution >= 4 is 51.1 Å². The number of amides is 2. The second-order valence-electron chi connectivity index (χ2n) is 8.02. The standard InChI is InChI=1S/C23H31N3O5S2/c1-4-31-22(29)17-7-8-18-19(12-17)33-23(26(18)10-11-30-3)24-20(27)14-32-15-21(28)25-9-5-6-16(2)13-25/h7-8,12,16H,4-6,9-11,13-15H2,1-3H3. The van der Waals surface area contributed by atoms with Crippen LogP contribution in [0.3, 0.4) is 0 Å². The van der Waals surface area contributed by atoms with Gasteiger partial charge in [0.05, 0.1) is 40.5 Å². The van der Waals surface area contributed by atoms with Crippen molar-refractivity contribution in [1.29, 1.82) is 0 Å². The minimum atomic E-state index is -0.380. The van der Waals surface area contributed by atoms with Gasteiger partial charge in [0.15, 0.2) is 4.80 Å². The van der Waals surface area contributed by atoms with Crippen molar-refractivity contribution in [3.8, 4) is 0 Å². The minimum Gasteiger partial charge on any atom is -0.462 e. The first-order valence-electron chi connectivity index (χ1n) is 11.2. The summed E-state index contributed by atoms with van der Waals surface area (Å²) in [5.41, 5.74) is 1.34. The van der Waals surface area contributed by atoms with Crippen molar-refractivity contribution in [3.63, 3.8) is 0 Å². The molecule has 1 fully saturated rings. The Morgan fingerprint density at radius 2 is 2.09 bits per heavy atom. The van der Waals surface area contributed by atoms with Crippen LogP contribution in [0, 0.1) is 5.92 Å². The van der Waals surface area contributed by atoms with Gasteiger partial charge in [-0.2, -0.15) is 4.99 Å². The summed E-state index contributed by atoms with van der Waals surface area (Å²) in [5, 5.41) is 0. The fourth-order valence-corrected chi connectivity index (χ4v) is 5.58. The number of likely N-dealkylation sites (tertiary alicyclic amines) is 1. The van der Waals surface area contributed by atoms with E-state index < -0.39 is 0 Å². The fraction of sp³-hybridized carbons (Fsp3) is 0.565. The molecule has 1 unspecified atom stereocenters. The molecule has 10 heteroatoms. The SMILES string of the molecule is CCOC(=O)c1ccc2c(c1)sc(=NC(=O)CSCC(=O)N1CCCC(C)C1)n2CCOC. The topological polar surface area (TPSA) is 90.2 Å². The van der Waals surface area contributed by atoms with Crippen molar-refractivity contribution in [1.82, 2.24) is 9.47 Å². The Hall–Kier alpha value is -2.17. The van der Waals surface area contributed by atoms with Gasteiger partial charge in [0.25, 0.3) is 5.91 Å². The first-order valence-corrected chi connectivity index (χ1v) is 13.1. The number of benzene rings is 1. The van der Waals surface area contributed by atoms with Crippen LogP contribution < -0.4 is 4.80 Å². The molecule has 0 bridgehead atoms. The monoisotopic (exact) mass is 493 g/mol. The average Bonchev–Trinajstić information content (AvgIpc) is 3.13. The molecule has 1 aromatic heterocycles. The quantitative estimate of drug-likeness (QED) is 0.499. The second-order valence-corrected chi connectivity index (χ2v) is 10.0. The summed E-state index contributed by atoms with van der Waals surface area (Å²) in [5.74, 6) is 0.375. The van der Waals surface area contributed by atoms with E-state index in [-0.39, 0.29) is 29.3 Å². The molecule has 1 saturated heterocycles. The lowest BCUT2D eigenvalue weighted by Gasteiger charge is -2.30. The molecule has 0 radical (unpaired) electrons. The second kappa shape index (κ2) is 12.3. The molecule has 180 valence electrons. The van der Waals surface area contributed by atoms with Crippen molar-refractivity contribution in [2.45, 2.75) is 33.2 Å². The predicted octanol–water partition coefficient (Wildman–Crippen LogP) is 2.94. The van der Waals surface area contributed by atoms with Crippen LogP contribution in [0.25, 0.3) is 10.2 Å². The Kier molecular flexibility index (Phi) is 9.52. The number of thiazole rings is 1. The van der Waals surface area contributed by atoms with Crippen molar-refractivity contribution in [3.05, 3.63) is 28.6 Å². The maximum atomic E-state index is 12.6. The van der Waals surface area contributed by atoms with Gasteiger partial charge < -0.3 is 18.9 Å². The largest absolute Gasteiger partial charge is 0.462 e. The van der Waals surface area contributed by atoms with E-state index in [1.165, 1.54) is 23.1 Å². The summed E-state index contributed by atoms with van der Waals surface area (Å²) >= 11 is 2.64. The highest BCUT2D eigenvalue weighted by atomic mass is 32.2. The third-order valence-electron chi connectivity index (χ3n) is 5.39. The third kappa shape index (κ3) is 6.91. The first kappa shape index (κ1) is 25.5. The molecule has 1 aliphatic rings. The fourth-order valence-electron chi connectivity index (χ4n) is 3.77. The lowest BCUT2D eigenvalue weighted by molar-refractivity contribution is -0.130. The summed E-state index contributed by atoms with van der Waals surface area (Å²) < 4.78 is 13.1. The number of ether oxygens (including phenoxy) is 2. The molecule has 8 nitrogen and oxygen atoms in total. The molecular weight excluding hydrogens is 462 g/mol. The van der Waals surface area contributed by atoms with Crippen LogP contribution in [0.5, 0.6) is 0 Å². The van der Waals surface area contributed by atoms with Crippen LogP contribution in [0.2, 0.25) is 0 Å². The highest BCUT2D eigenvalue weighted by Crippen LogP contribution is 2.20. The Balaban J connectivity index is 1.71. The molecule has 2 heterocycles. The Morgan fingerprint density at radius 1 is 1.27 bits per heavy atom. The van der Waals surface area contributed by atoms with E-state index in [0.29, 0.717) is 36.0 Å². The molecule has 3 rings (SSSR count). The van der Waals surface area contributed by atoms with E-state index in [0.717, 1.165) is 36.1 Å². The minimum absolute atomic E-state index is 0.0860. The molecule has 33 heavy (non-hydrogen) atoms. The number of thioether (sulfide) groups is 1. The van der Waals surface area contributed by atoms with Gasteiger partial charge in [-0.1, -0.05) is 18.3 Å².